The number of amides is 2. The van der Waals surface area contributed by atoms with Gasteiger partial charge in [-0.15, -0.1) is 0 Å². The van der Waals surface area contributed by atoms with Crippen molar-refractivity contribution in [3.05, 3.63) is 53.6 Å². The number of urea groups is 1. The first-order valence-electron chi connectivity index (χ1n) is 10.3. The maximum atomic E-state index is 13.9. The van der Waals surface area contributed by atoms with E-state index in [0.717, 1.165) is 18.6 Å². The van der Waals surface area contributed by atoms with Crippen molar-refractivity contribution in [2.45, 2.75) is 31.4 Å². The van der Waals surface area contributed by atoms with E-state index < -0.39 is 24.4 Å². The van der Waals surface area contributed by atoms with Crippen molar-refractivity contribution in [2.24, 2.45) is 0 Å². The minimum absolute atomic E-state index is 0.182. The predicted molar refractivity (Wildman–Crippen MR) is 110 cm³/mol. The van der Waals surface area contributed by atoms with Crippen molar-refractivity contribution in [2.75, 3.05) is 29.9 Å². The molecule has 168 valence electrons. The van der Waals surface area contributed by atoms with Crippen molar-refractivity contribution in [3.8, 4) is 0 Å². The molecule has 32 heavy (non-hydrogen) atoms. The SMILES string of the molecule is O=C(Nc1cnn2ccc(N3CCC[C@@H]3c3cc(F)ccc3C(F)F)nc12)N1CC(O)C1. The highest BCUT2D eigenvalue weighted by Gasteiger charge is 2.32. The lowest BCUT2D eigenvalue weighted by Crippen LogP contribution is -2.54. The van der Waals surface area contributed by atoms with Crippen molar-refractivity contribution in [1.29, 1.82) is 0 Å². The summed E-state index contributed by atoms with van der Waals surface area (Å²) in [6.45, 7) is 1.10. The van der Waals surface area contributed by atoms with Gasteiger partial charge < -0.3 is 20.2 Å². The smallest absolute Gasteiger partial charge is 0.322 e. The lowest BCUT2D eigenvalue weighted by atomic mass is 9.98. The van der Waals surface area contributed by atoms with Gasteiger partial charge in [-0.05, 0) is 36.6 Å². The number of anilines is 2. The van der Waals surface area contributed by atoms with Gasteiger partial charge in [0.25, 0.3) is 6.43 Å². The topological polar surface area (TPSA) is 86.0 Å². The number of aliphatic hydroxyl groups excluding tert-OH is 1. The highest BCUT2D eigenvalue weighted by molar-refractivity contribution is 5.93. The fourth-order valence-corrected chi connectivity index (χ4v) is 4.32. The average Bonchev–Trinajstić information content (AvgIpc) is 3.38. The molecular weight excluding hydrogens is 425 g/mol. The number of nitrogens with one attached hydrogen (secondary N) is 1. The van der Waals surface area contributed by atoms with Gasteiger partial charge in [-0.3, -0.25) is 0 Å². The standard InChI is InChI=1S/C21H21F3N6O2/c22-12-3-4-14(19(23)24)15(8-12)17-2-1-6-29(17)18-5-7-30-20(27-18)16(9-25-30)26-21(32)28-10-13(31)11-28/h3-5,7-9,13,17,19,31H,1-2,6,10-11H2,(H,26,32)/t17-/m1/s1. The second kappa shape index (κ2) is 7.97. The zero-order chi connectivity index (χ0) is 22.4. The first-order chi connectivity index (χ1) is 15.4. The molecular formula is C21H21F3N6O2. The minimum Gasteiger partial charge on any atom is -0.389 e. The maximum absolute atomic E-state index is 13.9. The third-order valence-electron chi connectivity index (χ3n) is 5.94. The van der Waals surface area contributed by atoms with Crippen LogP contribution in [0.3, 0.4) is 0 Å². The van der Waals surface area contributed by atoms with Gasteiger partial charge in [0.1, 0.15) is 17.3 Å². The van der Waals surface area contributed by atoms with Gasteiger partial charge in [-0.25, -0.2) is 27.5 Å². The number of aromatic nitrogens is 3. The van der Waals surface area contributed by atoms with E-state index in [-0.39, 0.29) is 30.2 Å². The molecule has 3 aromatic rings. The number of hydrogen-bond acceptors (Lipinski definition) is 5. The van der Waals surface area contributed by atoms with E-state index >= 15 is 0 Å². The van der Waals surface area contributed by atoms with E-state index in [2.05, 4.69) is 15.4 Å². The van der Waals surface area contributed by atoms with Gasteiger partial charge in [0, 0.05) is 18.3 Å². The number of alkyl halides is 2. The predicted octanol–water partition coefficient (Wildman–Crippen LogP) is 3.36. The number of likely N-dealkylation sites (tertiary alicyclic amines) is 1. The van der Waals surface area contributed by atoms with Crippen LogP contribution >= 0.6 is 0 Å². The van der Waals surface area contributed by atoms with E-state index in [9.17, 15) is 23.1 Å². The van der Waals surface area contributed by atoms with Crippen molar-refractivity contribution in [3.63, 3.8) is 0 Å². The summed E-state index contributed by atoms with van der Waals surface area (Å²) in [7, 11) is 0. The fourth-order valence-electron chi connectivity index (χ4n) is 4.32. The first kappa shape index (κ1) is 20.6. The molecule has 11 heteroatoms. The number of carbonyl (C=O) groups excluding carboxylic acids is 1. The van der Waals surface area contributed by atoms with Gasteiger partial charge in [0.2, 0.25) is 0 Å². The van der Waals surface area contributed by atoms with Crippen molar-refractivity contribution < 1.29 is 23.1 Å². The average molecular weight is 446 g/mol. The fraction of sp³-hybridized carbons (Fsp3) is 0.381. The third kappa shape index (κ3) is 3.62. The Morgan fingerprint density at radius 3 is 2.81 bits per heavy atom. The Labute approximate surface area is 181 Å². The molecule has 2 N–H and O–H groups in total. The van der Waals surface area contributed by atoms with E-state index in [1.807, 2.05) is 4.90 Å². The Hall–Kier alpha value is -3.34. The maximum Gasteiger partial charge on any atom is 0.322 e. The summed E-state index contributed by atoms with van der Waals surface area (Å²) in [6.07, 6.45) is 1.27. The van der Waals surface area contributed by atoms with Crippen LogP contribution in [0.15, 0.2) is 36.7 Å². The van der Waals surface area contributed by atoms with Gasteiger partial charge in [0.15, 0.2) is 5.65 Å². The summed E-state index contributed by atoms with van der Waals surface area (Å²) >= 11 is 0. The number of fused-ring (bicyclic) bond motifs is 1. The third-order valence-corrected chi connectivity index (χ3v) is 5.94. The van der Waals surface area contributed by atoms with Crippen LogP contribution in [0.4, 0.5) is 29.5 Å². The Balaban J connectivity index is 1.45. The van der Waals surface area contributed by atoms with E-state index in [4.69, 9.17) is 0 Å². The highest BCUT2D eigenvalue weighted by atomic mass is 19.3. The summed E-state index contributed by atoms with van der Waals surface area (Å²) in [5.74, 6) is -0.0311. The van der Waals surface area contributed by atoms with Gasteiger partial charge in [0.05, 0.1) is 31.4 Å². The van der Waals surface area contributed by atoms with E-state index in [1.165, 1.54) is 21.7 Å². The van der Waals surface area contributed by atoms with Gasteiger partial charge in [-0.1, -0.05) is 6.07 Å². The minimum atomic E-state index is -2.71. The Bertz CT molecular complexity index is 1160. The molecule has 8 nitrogen and oxygen atoms in total. The molecule has 5 rings (SSSR count). The number of carbonyl (C=O) groups is 1. The zero-order valence-electron chi connectivity index (χ0n) is 17.0. The van der Waals surface area contributed by atoms with Crippen LogP contribution in [-0.2, 0) is 0 Å². The van der Waals surface area contributed by atoms with Crippen LogP contribution in [-0.4, -0.2) is 56.4 Å². The number of halogens is 3. The monoisotopic (exact) mass is 446 g/mol. The van der Waals surface area contributed by atoms with Gasteiger partial charge in [-0.2, -0.15) is 5.10 Å². The van der Waals surface area contributed by atoms with Crippen LogP contribution < -0.4 is 10.2 Å². The summed E-state index contributed by atoms with van der Waals surface area (Å²) in [4.78, 5) is 20.3. The lowest BCUT2D eigenvalue weighted by Gasteiger charge is -2.35. The largest absolute Gasteiger partial charge is 0.389 e. The normalized spacial score (nSPS) is 19.1. The molecule has 2 amide bonds. The Morgan fingerprint density at radius 1 is 1.25 bits per heavy atom. The summed E-state index contributed by atoms with van der Waals surface area (Å²) < 4.78 is 42.6. The number of nitrogens with zero attached hydrogens (tertiary/aromatic N) is 5. The molecule has 0 aliphatic carbocycles. The molecule has 0 saturated carbocycles. The molecule has 4 heterocycles. The van der Waals surface area contributed by atoms with Crippen LogP contribution in [0.2, 0.25) is 0 Å². The molecule has 0 radical (unpaired) electrons. The first-order valence-corrected chi connectivity index (χ1v) is 10.3. The van der Waals surface area contributed by atoms with Crippen LogP contribution in [0, 0.1) is 5.82 Å². The Kier molecular flexibility index (Phi) is 5.12. The van der Waals surface area contributed by atoms with E-state index in [1.54, 1.807) is 12.3 Å². The second-order valence-corrected chi connectivity index (χ2v) is 8.03. The summed E-state index contributed by atoms with van der Waals surface area (Å²) in [6, 6.07) is 4.28. The number of β-amino-alcohol motifs (C(OH)–C–C–N with tert-alkyl or cyclic N) is 1. The summed E-state index contributed by atoms with van der Waals surface area (Å²) in [5.41, 5.74) is 0.875. The number of aliphatic hydroxyl groups is 1. The lowest BCUT2D eigenvalue weighted by molar-refractivity contribution is 0.0309. The number of rotatable bonds is 4. The summed E-state index contributed by atoms with van der Waals surface area (Å²) in [5, 5.41) is 16.3. The second-order valence-electron chi connectivity index (χ2n) is 8.03. The van der Waals surface area contributed by atoms with E-state index in [0.29, 0.717) is 30.1 Å². The van der Waals surface area contributed by atoms with Crippen molar-refractivity contribution in [1.82, 2.24) is 19.5 Å². The molecule has 0 unspecified atom stereocenters. The zero-order valence-corrected chi connectivity index (χ0v) is 17.0. The van der Waals surface area contributed by atoms with Crippen LogP contribution in [0.5, 0.6) is 0 Å². The molecule has 2 aliphatic rings. The number of benzene rings is 1. The quantitative estimate of drug-likeness (QED) is 0.642. The van der Waals surface area contributed by atoms with Gasteiger partial charge >= 0.3 is 6.03 Å². The molecule has 2 saturated heterocycles. The molecule has 0 spiro atoms. The van der Waals surface area contributed by atoms with Crippen molar-refractivity contribution >= 4 is 23.2 Å². The Morgan fingerprint density at radius 2 is 2.06 bits per heavy atom. The molecule has 2 fully saturated rings. The molecule has 0 bridgehead atoms. The highest BCUT2D eigenvalue weighted by Crippen LogP contribution is 2.39. The number of hydrogen-bond donors (Lipinski definition) is 2. The van der Waals surface area contributed by atoms with Crippen LogP contribution in [0.25, 0.3) is 5.65 Å². The molecule has 1 atom stereocenters. The molecule has 2 aliphatic heterocycles. The van der Waals surface area contributed by atoms with Crippen LogP contribution in [0.1, 0.15) is 36.4 Å². The molecule has 2 aromatic heterocycles. The molecule has 1 aromatic carbocycles.